The summed E-state index contributed by atoms with van der Waals surface area (Å²) < 4.78 is 0. The van der Waals surface area contributed by atoms with Gasteiger partial charge in [0.05, 0.1) is 19.0 Å². The Balaban J connectivity index is 1.87. The molecule has 0 aromatic heterocycles. The topological polar surface area (TPSA) is 13.0 Å². The van der Waals surface area contributed by atoms with Gasteiger partial charge in [-0.05, 0) is 27.9 Å². The Hall–Kier alpha value is -0.160. The van der Waals surface area contributed by atoms with Gasteiger partial charge in [0, 0.05) is 26.2 Å². The highest BCUT2D eigenvalue weighted by atomic mass is 15.5. The Morgan fingerprint density at radius 3 is 1.47 bits per heavy atom. The van der Waals surface area contributed by atoms with E-state index in [9.17, 15) is 0 Å². The smallest absolute Gasteiger partial charge is 0.0603 e. The number of hydrogen-bond donors (Lipinski definition) is 0. The molecule has 2 saturated heterocycles. The molecule has 2 aliphatic heterocycles. The van der Waals surface area contributed by atoms with Crippen LogP contribution in [0.5, 0.6) is 0 Å². The lowest BCUT2D eigenvalue weighted by atomic mass is 10.4. The molecule has 4 nitrogen and oxygen atoms in total. The van der Waals surface area contributed by atoms with Gasteiger partial charge in [0.1, 0.15) is 0 Å². The molecule has 88 valence electrons. The van der Waals surface area contributed by atoms with Crippen LogP contribution in [0.1, 0.15) is 13.8 Å². The fourth-order valence-corrected chi connectivity index (χ4v) is 2.49. The van der Waals surface area contributed by atoms with Crippen LogP contribution in [0.15, 0.2) is 0 Å². The van der Waals surface area contributed by atoms with Gasteiger partial charge in [-0.2, -0.15) is 0 Å². The van der Waals surface area contributed by atoms with E-state index >= 15 is 0 Å². The minimum Gasteiger partial charge on any atom is -0.290 e. The largest absolute Gasteiger partial charge is 0.290 e. The number of rotatable bonds is 2. The van der Waals surface area contributed by atoms with Gasteiger partial charge in [-0.1, -0.05) is 0 Å². The molecule has 0 saturated carbocycles. The second-order valence-corrected chi connectivity index (χ2v) is 4.99. The molecular formula is C11H24N4. The van der Waals surface area contributed by atoms with Crippen LogP contribution in [-0.2, 0) is 0 Å². The van der Waals surface area contributed by atoms with Crippen molar-refractivity contribution in [1.29, 1.82) is 0 Å². The van der Waals surface area contributed by atoms with Crippen molar-refractivity contribution in [1.82, 2.24) is 19.6 Å². The summed E-state index contributed by atoms with van der Waals surface area (Å²) in [5.41, 5.74) is 0. The Morgan fingerprint density at radius 1 is 0.800 bits per heavy atom. The second kappa shape index (κ2) is 4.37. The SMILES string of the molecule is CC1N(C)CCN1CN1CCN(C)C1C. The third-order valence-corrected chi connectivity index (χ3v) is 4.18. The molecule has 0 spiro atoms. The summed E-state index contributed by atoms with van der Waals surface area (Å²) in [5.74, 6) is 0. The van der Waals surface area contributed by atoms with Gasteiger partial charge >= 0.3 is 0 Å². The fraction of sp³-hybridized carbons (Fsp3) is 1.00. The maximum Gasteiger partial charge on any atom is 0.0603 e. The highest BCUT2D eigenvalue weighted by Gasteiger charge is 2.31. The van der Waals surface area contributed by atoms with Crippen LogP contribution >= 0.6 is 0 Å². The fourth-order valence-electron chi connectivity index (χ4n) is 2.49. The zero-order chi connectivity index (χ0) is 11.0. The lowest BCUT2D eigenvalue weighted by molar-refractivity contribution is 0.0676. The normalized spacial score (nSPS) is 36.8. The van der Waals surface area contributed by atoms with Crippen molar-refractivity contribution in [2.75, 3.05) is 46.9 Å². The molecular weight excluding hydrogens is 188 g/mol. The van der Waals surface area contributed by atoms with Crippen molar-refractivity contribution in [2.24, 2.45) is 0 Å². The van der Waals surface area contributed by atoms with Crippen LogP contribution in [0.25, 0.3) is 0 Å². The standard InChI is InChI=1S/C11H24N4/c1-10-12(3)5-7-14(10)9-15-8-6-13(4)11(15)2/h10-11H,5-9H2,1-4H3. The maximum absolute atomic E-state index is 2.57. The Morgan fingerprint density at radius 2 is 1.20 bits per heavy atom. The molecule has 2 unspecified atom stereocenters. The summed E-state index contributed by atoms with van der Waals surface area (Å²) in [6, 6.07) is 0. The van der Waals surface area contributed by atoms with Crippen molar-refractivity contribution in [2.45, 2.75) is 26.2 Å². The average Bonchev–Trinajstić information content (AvgIpc) is 2.68. The summed E-state index contributed by atoms with van der Waals surface area (Å²) in [6.07, 6.45) is 1.20. The van der Waals surface area contributed by atoms with E-state index in [0.717, 1.165) is 6.67 Å². The van der Waals surface area contributed by atoms with E-state index in [-0.39, 0.29) is 0 Å². The number of likely N-dealkylation sites (N-methyl/N-ethyl adjacent to an activating group) is 2. The van der Waals surface area contributed by atoms with Crippen LogP contribution in [0, 0.1) is 0 Å². The zero-order valence-corrected chi connectivity index (χ0v) is 10.5. The Kier molecular flexibility index (Phi) is 3.30. The molecule has 0 aromatic carbocycles. The van der Waals surface area contributed by atoms with Crippen molar-refractivity contribution < 1.29 is 0 Å². The predicted octanol–water partition coefficient (Wildman–Crippen LogP) is 0.131. The molecule has 2 heterocycles. The molecule has 0 aromatic rings. The number of nitrogens with zero attached hydrogens (tertiary/aromatic N) is 4. The molecule has 2 atom stereocenters. The van der Waals surface area contributed by atoms with Crippen LogP contribution in [-0.4, -0.2) is 78.9 Å². The minimum absolute atomic E-state index is 0.600. The first kappa shape index (κ1) is 11.3. The summed E-state index contributed by atoms with van der Waals surface area (Å²) in [5, 5.41) is 0. The molecule has 2 aliphatic rings. The monoisotopic (exact) mass is 212 g/mol. The quantitative estimate of drug-likeness (QED) is 0.645. The molecule has 0 N–H and O–H groups in total. The first-order valence-electron chi connectivity index (χ1n) is 5.98. The summed E-state index contributed by atoms with van der Waals surface area (Å²) in [7, 11) is 4.43. The third kappa shape index (κ3) is 2.18. The van der Waals surface area contributed by atoms with Crippen LogP contribution in [0.2, 0.25) is 0 Å². The van der Waals surface area contributed by atoms with Crippen LogP contribution in [0.3, 0.4) is 0 Å². The number of hydrogen-bond acceptors (Lipinski definition) is 4. The molecule has 0 radical (unpaired) electrons. The Bertz CT molecular complexity index is 199. The van der Waals surface area contributed by atoms with Crippen molar-refractivity contribution in [3.63, 3.8) is 0 Å². The van der Waals surface area contributed by atoms with Crippen molar-refractivity contribution in [3.8, 4) is 0 Å². The first-order valence-corrected chi connectivity index (χ1v) is 5.98. The van der Waals surface area contributed by atoms with Crippen molar-refractivity contribution >= 4 is 0 Å². The molecule has 2 rings (SSSR count). The maximum atomic E-state index is 2.57. The first-order chi connectivity index (χ1) is 7.09. The molecule has 2 fully saturated rings. The van der Waals surface area contributed by atoms with Gasteiger partial charge in [-0.15, -0.1) is 0 Å². The molecule has 0 bridgehead atoms. The van der Waals surface area contributed by atoms with E-state index in [0.29, 0.717) is 12.3 Å². The average molecular weight is 212 g/mol. The predicted molar refractivity (Wildman–Crippen MR) is 62.5 cm³/mol. The molecule has 0 aliphatic carbocycles. The van der Waals surface area contributed by atoms with E-state index in [1.54, 1.807) is 0 Å². The molecule has 15 heavy (non-hydrogen) atoms. The highest BCUT2D eigenvalue weighted by Crippen LogP contribution is 2.17. The van der Waals surface area contributed by atoms with Gasteiger partial charge in [0.25, 0.3) is 0 Å². The van der Waals surface area contributed by atoms with Crippen molar-refractivity contribution in [3.05, 3.63) is 0 Å². The highest BCUT2D eigenvalue weighted by molar-refractivity contribution is 4.80. The van der Waals surface area contributed by atoms with Gasteiger partial charge in [0.15, 0.2) is 0 Å². The van der Waals surface area contributed by atoms with Crippen LogP contribution < -0.4 is 0 Å². The molecule has 4 heteroatoms. The van der Waals surface area contributed by atoms with Gasteiger partial charge < -0.3 is 0 Å². The molecule has 0 amide bonds. The van der Waals surface area contributed by atoms with Gasteiger partial charge in [0.2, 0.25) is 0 Å². The van der Waals surface area contributed by atoms with E-state index in [4.69, 9.17) is 0 Å². The second-order valence-electron chi connectivity index (χ2n) is 4.99. The van der Waals surface area contributed by atoms with E-state index in [2.05, 4.69) is 47.5 Å². The summed E-state index contributed by atoms with van der Waals surface area (Å²) in [6.45, 7) is 10.6. The lowest BCUT2D eigenvalue weighted by Gasteiger charge is -2.31. The van der Waals surface area contributed by atoms with E-state index < -0.39 is 0 Å². The summed E-state index contributed by atoms with van der Waals surface area (Å²) >= 11 is 0. The van der Waals surface area contributed by atoms with Gasteiger partial charge in [-0.25, -0.2) is 0 Å². The zero-order valence-electron chi connectivity index (χ0n) is 10.5. The third-order valence-electron chi connectivity index (χ3n) is 4.18. The van der Waals surface area contributed by atoms with Crippen LogP contribution in [0.4, 0.5) is 0 Å². The van der Waals surface area contributed by atoms with E-state index in [1.165, 1.54) is 26.2 Å². The van der Waals surface area contributed by atoms with E-state index in [1.807, 2.05) is 0 Å². The Labute approximate surface area is 93.4 Å². The van der Waals surface area contributed by atoms with Gasteiger partial charge in [-0.3, -0.25) is 19.6 Å². The minimum atomic E-state index is 0.600. The lowest BCUT2D eigenvalue weighted by Crippen LogP contribution is -2.45. The summed E-state index contributed by atoms with van der Waals surface area (Å²) in [4.78, 5) is 9.97.